The number of rotatable bonds is 7. The summed E-state index contributed by atoms with van der Waals surface area (Å²) < 4.78 is 34.0. The van der Waals surface area contributed by atoms with Crippen molar-refractivity contribution in [3.8, 4) is 5.75 Å². The maximum absolute atomic E-state index is 12.8. The third kappa shape index (κ3) is 4.72. The van der Waals surface area contributed by atoms with Crippen LogP contribution in [0.15, 0.2) is 24.3 Å². The van der Waals surface area contributed by atoms with Gasteiger partial charge in [0, 0.05) is 13.1 Å². The van der Waals surface area contributed by atoms with Gasteiger partial charge in [0.15, 0.2) is 0 Å². The smallest absolute Gasteiger partial charge is 0.387 e. The monoisotopic (exact) mass is 383 g/mol. The summed E-state index contributed by atoms with van der Waals surface area (Å²) in [5, 5.41) is 2.78. The summed E-state index contributed by atoms with van der Waals surface area (Å²) in [4.78, 5) is 28.3. The summed E-state index contributed by atoms with van der Waals surface area (Å²) in [6, 6.07) is 5.88. The van der Waals surface area contributed by atoms with Crippen LogP contribution in [0.25, 0.3) is 0 Å². The van der Waals surface area contributed by atoms with Crippen LogP contribution in [-0.4, -0.2) is 66.9 Å². The highest BCUT2D eigenvalue weighted by Crippen LogP contribution is 2.24. The maximum Gasteiger partial charge on any atom is 0.387 e. The molecule has 0 aliphatic carbocycles. The summed E-state index contributed by atoms with van der Waals surface area (Å²) >= 11 is 0. The first kappa shape index (κ1) is 19.5. The third-order valence-electron chi connectivity index (χ3n) is 4.85. The molecule has 7 nitrogen and oxygen atoms in total. The fraction of sp³-hybridized carbons (Fsp3) is 0.556. The predicted molar refractivity (Wildman–Crippen MR) is 92.4 cm³/mol. The number of carbonyl (C=O) groups excluding carboxylic acids is 2. The molecule has 148 valence electrons. The average Bonchev–Trinajstić information content (AvgIpc) is 2.85. The first-order chi connectivity index (χ1) is 12.9. The molecule has 2 aliphatic heterocycles. The van der Waals surface area contributed by atoms with E-state index in [4.69, 9.17) is 4.74 Å². The van der Waals surface area contributed by atoms with Crippen LogP contribution in [0, 0.1) is 0 Å². The Morgan fingerprint density at radius 2 is 1.89 bits per heavy atom. The van der Waals surface area contributed by atoms with Crippen molar-refractivity contribution < 1.29 is 27.8 Å². The minimum Gasteiger partial charge on any atom is -0.435 e. The van der Waals surface area contributed by atoms with Gasteiger partial charge >= 0.3 is 12.6 Å². The Bertz CT molecular complexity index is 680. The lowest BCUT2D eigenvalue weighted by atomic mass is 9.93. The number of aryl methyl sites for hydroxylation is 1. The van der Waals surface area contributed by atoms with Crippen LogP contribution < -0.4 is 10.1 Å². The summed E-state index contributed by atoms with van der Waals surface area (Å²) in [7, 11) is 0. The molecule has 27 heavy (non-hydrogen) atoms. The molecule has 2 heterocycles. The largest absolute Gasteiger partial charge is 0.435 e. The van der Waals surface area contributed by atoms with Gasteiger partial charge in [-0.1, -0.05) is 12.1 Å². The molecule has 3 amide bonds. The number of nitrogens with zero attached hydrogens (tertiary/aromatic N) is 2. The summed E-state index contributed by atoms with van der Waals surface area (Å²) in [6.45, 7) is 1.64. The van der Waals surface area contributed by atoms with E-state index in [1.165, 1.54) is 17.0 Å². The van der Waals surface area contributed by atoms with Crippen molar-refractivity contribution in [2.75, 3.05) is 33.0 Å². The molecule has 1 N–H and O–H groups in total. The van der Waals surface area contributed by atoms with Gasteiger partial charge in [-0.2, -0.15) is 8.78 Å². The highest BCUT2D eigenvalue weighted by molar-refractivity contribution is 6.06. The number of hydrogen-bond acceptors (Lipinski definition) is 5. The van der Waals surface area contributed by atoms with Crippen molar-refractivity contribution in [3.05, 3.63) is 29.8 Å². The first-order valence-corrected chi connectivity index (χ1v) is 8.85. The zero-order chi connectivity index (χ0) is 19.4. The molecule has 0 radical (unpaired) electrons. The molecular weight excluding hydrogens is 360 g/mol. The van der Waals surface area contributed by atoms with Crippen LogP contribution in [-0.2, 0) is 16.0 Å². The minimum atomic E-state index is -2.86. The number of hydrogen-bond donors (Lipinski definition) is 1. The molecular formula is C18H23F2N3O4. The number of nitrogens with one attached hydrogen (secondary N) is 1. The highest BCUT2D eigenvalue weighted by Gasteiger charge is 2.47. The number of urea groups is 1. The Hall–Kier alpha value is -2.26. The van der Waals surface area contributed by atoms with Crippen LogP contribution in [0.3, 0.4) is 0 Å². The van der Waals surface area contributed by atoms with Gasteiger partial charge in [-0.15, -0.1) is 0 Å². The van der Waals surface area contributed by atoms with E-state index in [2.05, 4.69) is 10.1 Å². The van der Waals surface area contributed by atoms with E-state index < -0.39 is 18.2 Å². The fourth-order valence-electron chi connectivity index (χ4n) is 3.22. The molecule has 2 fully saturated rings. The number of alkyl halides is 2. The molecule has 2 saturated heterocycles. The number of benzene rings is 1. The van der Waals surface area contributed by atoms with Gasteiger partial charge in [-0.25, -0.2) is 9.69 Å². The molecule has 1 aromatic rings. The van der Waals surface area contributed by atoms with E-state index >= 15 is 0 Å². The molecule has 0 saturated carbocycles. The summed E-state index contributed by atoms with van der Waals surface area (Å²) in [5.74, 6) is -0.168. The molecule has 0 aromatic heterocycles. The zero-order valence-corrected chi connectivity index (χ0v) is 15.1. The molecule has 0 spiro atoms. The summed E-state index contributed by atoms with van der Waals surface area (Å²) in [6.07, 6.45) is 0.926. The van der Waals surface area contributed by atoms with Crippen molar-refractivity contribution in [2.24, 2.45) is 0 Å². The van der Waals surface area contributed by atoms with E-state index in [9.17, 15) is 18.4 Å². The molecule has 3 rings (SSSR count). The average molecular weight is 383 g/mol. The molecule has 1 atom stereocenters. The van der Waals surface area contributed by atoms with E-state index in [-0.39, 0.29) is 18.3 Å². The molecule has 0 bridgehead atoms. The van der Waals surface area contributed by atoms with Gasteiger partial charge in [-0.05, 0) is 37.5 Å². The van der Waals surface area contributed by atoms with Gasteiger partial charge in [0.05, 0.1) is 19.9 Å². The predicted octanol–water partition coefficient (Wildman–Crippen LogP) is 1.82. The van der Waals surface area contributed by atoms with E-state index in [1.807, 2.05) is 4.90 Å². The van der Waals surface area contributed by atoms with Gasteiger partial charge in [0.25, 0.3) is 5.91 Å². The number of amides is 3. The topological polar surface area (TPSA) is 71.1 Å². The Kier molecular flexibility index (Phi) is 5.91. The third-order valence-corrected chi connectivity index (χ3v) is 4.85. The maximum atomic E-state index is 12.8. The standard InChI is InChI=1S/C18H23F2N3O4/c1-18(7-6-13-2-4-14(5-3-13)27-16(19)20)15(24)23(17(25)21-18)12-22-8-10-26-11-9-22/h2-5,16H,6-12H2,1H3,(H,21,25)/t18-/m1/s1. The number of morpholine rings is 1. The van der Waals surface area contributed by atoms with Gasteiger partial charge < -0.3 is 14.8 Å². The second-order valence-corrected chi connectivity index (χ2v) is 6.89. The Morgan fingerprint density at radius 3 is 2.52 bits per heavy atom. The molecule has 9 heteroatoms. The van der Waals surface area contributed by atoms with Crippen LogP contribution in [0.2, 0.25) is 0 Å². The quantitative estimate of drug-likeness (QED) is 0.728. The SMILES string of the molecule is C[C@]1(CCc2ccc(OC(F)F)cc2)NC(=O)N(CN2CCOCC2)C1=O. The Balaban J connectivity index is 1.57. The highest BCUT2D eigenvalue weighted by atomic mass is 19.3. The van der Waals surface area contributed by atoms with E-state index in [1.54, 1.807) is 19.1 Å². The van der Waals surface area contributed by atoms with E-state index in [0.717, 1.165) is 5.56 Å². The van der Waals surface area contributed by atoms with Crippen molar-refractivity contribution in [1.29, 1.82) is 0 Å². The zero-order valence-electron chi connectivity index (χ0n) is 15.1. The Labute approximate surface area is 156 Å². The van der Waals surface area contributed by atoms with Gasteiger partial charge in [-0.3, -0.25) is 9.69 Å². The van der Waals surface area contributed by atoms with Crippen molar-refractivity contribution in [1.82, 2.24) is 15.1 Å². The minimum absolute atomic E-state index is 0.0851. The second kappa shape index (κ2) is 8.18. The number of imide groups is 1. The first-order valence-electron chi connectivity index (χ1n) is 8.85. The lowest BCUT2D eigenvalue weighted by Crippen LogP contribution is -2.48. The molecule has 1 aromatic carbocycles. The Morgan fingerprint density at radius 1 is 1.22 bits per heavy atom. The van der Waals surface area contributed by atoms with Gasteiger partial charge in [0.2, 0.25) is 0 Å². The van der Waals surface area contributed by atoms with Crippen molar-refractivity contribution >= 4 is 11.9 Å². The second-order valence-electron chi connectivity index (χ2n) is 6.89. The van der Waals surface area contributed by atoms with E-state index in [0.29, 0.717) is 39.1 Å². The van der Waals surface area contributed by atoms with Crippen molar-refractivity contribution in [3.63, 3.8) is 0 Å². The number of halogens is 2. The van der Waals surface area contributed by atoms with Crippen LogP contribution >= 0.6 is 0 Å². The number of ether oxygens (including phenoxy) is 2. The van der Waals surface area contributed by atoms with Crippen LogP contribution in [0.1, 0.15) is 18.9 Å². The lowest BCUT2D eigenvalue weighted by Gasteiger charge is -2.29. The normalized spacial score (nSPS) is 23.8. The molecule has 2 aliphatic rings. The summed E-state index contributed by atoms with van der Waals surface area (Å²) in [5.41, 5.74) is -0.117. The lowest BCUT2D eigenvalue weighted by molar-refractivity contribution is -0.133. The number of carbonyl (C=O) groups is 2. The molecule has 0 unspecified atom stereocenters. The van der Waals surface area contributed by atoms with Crippen LogP contribution in [0.5, 0.6) is 5.75 Å². The fourth-order valence-corrected chi connectivity index (χ4v) is 3.22. The van der Waals surface area contributed by atoms with Crippen molar-refractivity contribution in [2.45, 2.75) is 31.9 Å². The van der Waals surface area contributed by atoms with Crippen LogP contribution in [0.4, 0.5) is 13.6 Å². The van der Waals surface area contributed by atoms with Gasteiger partial charge in [0.1, 0.15) is 11.3 Å².